The lowest BCUT2D eigenvalue weighted by molar-refractivity contribution is -0.0418. The topological polar surface area (TPSA) is 83.5 Å². The number of hydrogen-bond donors (Lipinski definition) is 3. The fourth-order valence-electron chi connectivity index (χ4n) is 4.44. The van der Waals surface area contributed by atoms with Crippen molar-refractivity contribution in [2.75, 3.05) is 26.7 Å². The molecule has 0 radical (unpaired) electrons. The number of carbonyl (C=O) groups is 1. The quantitative estimate of drug-likeness (QED) is 0.528. The summed E-state index contributed by atoms with van der Waals surface area (Å²) in [7, 11) is 1.34. The van der Waals surface area contributed by atoms with Crippen LogP contribution in [0.25, 0.3) is 11.1 Å². The lowest BCUT2D eigenvalue weighted by Gasteiger charge is -2.40. The van der Waals surface area contributed by atoms with Crippen molar-refractivity contribution in [3.63, 3.8) is 0 Å². The molecule has 1 aliphatic rings. The van der Waals surface area contributed by atoms with E-state index in [1.165, 1.54) is 12.7 Å². The largest absolute Gasteiger partial charge is 0.453 e. The van der Waals surface area contributed by atoms with Gasteiger partial charge in [-0.3, -0.25) is 4.98 Å². The van der Waals surface area contributed by atoms with Gasteiger partial charge in [0.1, 0.15) is 0 Å². The molecule has 1 aromatic heterocycles. The zero-order valence-electron chi connectivity index (χ0n) is 18.3. The average Bonchev–Trinajstić information content (AvgIpc) is 2.81. The average molecular weight is 446 g/mol. The molecular weight excluding hydrogens is 414 g/mol. The van der Waals surface area contributed by atoms with Crippen LogP contribution in [0, 0.1) is 5.92 Å². The van der Waals surface area contributed by atoms with Gasteiger partial charge in [0.2, 0.25) is 0 Å². The molecule has 1 aliphatic heterocycles. The number of piperidine rings is 1. The third-order valence-electron chi connectivity index (χ3n) is 6.15. The Morgan fingerprint density at radius 1 is 1.42 bits per heavy atom. The van der Waals surface area contributed by atoms with E-state index in [1.54, 1.807) is 12.4 Å². The van der Waals surface area contributed by atoms with E-state index in [1.807, 2.05) is 12.1 Å². The van der Waals surface area contributed by atoms with Crippen molar-refractivity contribution >= 4 is 17.7 Å². The van der Waals surface area contributed by atoms with Gasteiger partial charge in [-0.25, -0.2) is 4.79 Å². The van der Waals surface area contributed by atoms with E-state index < -0.39 is 11.7 Å². The van der Waals surface area contributed by atoms with Crippen LogP contribution in [-0.4, -0.2) is 42.9 Å². The highest BCUT2D eigenvalue weighted by atomic mass is 35.5. The summed E-state index contributed by atoms with van der Waals surface area (Å²) in [5, 5.41) is 18.8. The molecule has 0 saturated carbocycles. The molecule has 0 aliphatic carbocycles. The molecule has 2 atom stereocenters. The van der Waals surface area contributed by atoms with Crippen LogP contribution < -0.4 is 10.6 Å². The SMILES string of the molecule is CCc1cccc(-c2c(Cl)cncc2C(O)(CCCNC(=O)OC)C2CCCNC2)c1. The first-order chi connectivity index (χ1) is 15.0. The number of aromatic nitrogens is 1. The van der Waals surface area contributed by atoms with Gasteiger partial charge < -0.3 is 20.5 Å². The number of alkyl carbamates (subject to hydrolysis) is 1. The number of halogens is 1. The smallest absolute Gasteiger partial charge is 0.406 e. The molecule has 2 heterocycles. The van der Waals surface area contributed by atoms with Crippen molar-refractivity contribution < 1.29 is 14.6 Å². The van der Waals surface area contributed by atoms with E-state index in [-0.39, 0.29) is 5.92 Å². The number of nitrogens with zero attached hydrogens (tertiary/aromatic N) is 1. The molecule has 168 valence electrons. The first-order valence-electron chi connectivity index (χ1n) is 11.0. The van der Waals surface area contributed by atoms with E-state index >= 15 is 0 Å². The van der Waals surface area contributed by atoms with E-state index in [2.05, 4.69) is 39.4 Å². The summed E-state index contributed by atoms with van der Waals surface area (Å²) in [4.78, 5) is 15.8. The normalized spacial score (nSPS) is 18.3. The fraction of sp³-hybridized carbons (Fsp3) is 0.500. The Balaban J connectivity index is 2.00. The molecule has 2 unspecified atom stereocenters. The molecule has 31 heavy (non-hydrogen) atoms. The number of hydrogen-bond acceptors (Lipinski definition) is 5. The van der Waals surface area contributed by atoms with Gasteiger partial charge in [-0.1, -0.05) is 42.8 Å². The van der Waals surface area contributed by atoms with Crippen molar-refractivity contribution in [1.82, 2.24) is 15.6 Å². The maximum atomic E-state index is 12.1. The van der Waals surface area contributed by atoms with Gasteiger partial charge in [0.05, 0.1) is 17.7 Å². The Labute approximate surface area is 189 Å². The lowest BCUT2D eigenvalue weighted by Crippen LogP contribution is -2.45. The van der Waals surface area contributed by atoms with Crippen LogP contribution in [0.3, 0.4) is 0 Å². The predicted molar refractivity (Wildman–Crippen MR) is 123 cm³/mol. The van der Waals surface area contributed by atoms with Gasteiger partial charge in [-0.05, 0) is 49.8 Å². The molecule has 7 heteroatoms. The van der Waals surface area contributed by atoms with Crippen LogP contribution in [0.5, 0.6) is 0 Å². The van der Waals surface area contributed by atoms with Crippen molar-refractivity contribution in [2.24, 2.45) is 5.92 Å². The predicted octanol–water partition coefficient (Wildman–Crippen LogP) is 4.29. The van der Waals surface area contributed by atoms with Gasteiger partial charge in [0.15, 0.2) is 0 Å². The highest BCUT2D eigenvalue weighted by molar-refractivity contribution is 6.33. The van der Waals surface area contributed by atoms with Crippen LogP contribution in [0.2, 0.25) is 5.02 Å². The summed E-state index contributed by atoms with van der Waals surface area (Å²) in [6, 6.07) is 8.27. The Hall–Kier alpha value is -2.15. The third-order valence-corrected chi connectivity index (χ3v) is 6.44. The molecular formula is C24H32ClN3O3. The third kappa shape index (κ3) is 5.56. The van der Waals surface area contributed by atoms with E-state index in [4.69, 9.17) is 11.6 Å². The number of nitrogens with one attached hydrogen (secondary N) is 2. The van der Waals surface area contributed by atoms with Gasteiger partial charge in [-0.2, -0.15) is 0 Å². The van der Waals surface area contributed by atoms with Crippen LogP contribution >= 0.6 is 11.6 Å². The zero-order chi connectivity index (χ0) is 22.3. The highest BCUT2D eigenvalue weighted by Crippen LogP contribution is 2.44. The number of benzene rings is 1. The Morgan fingerprint density at radius 2 is 2.26 bits per heavy atom. The summed E-state index contributed by atoms with van der Waals surface area (Å²) in [6.45, 7) is 4.22. The molecule has 3 N–H and O–H groups in total. The number of ether oxygens (including phenoxy) is 1. The monoisotopic (exact) mass is 445 g/mol. The van der Waals surface area contributed by atoms with Gasteiger partial charge in [0, 0.05) is 42.5 Å². The van der Waals surface area contributed by atoms with Crippen molar-refractivity contribution in [2.45, 2.75) is 44.6 Å². The second kappa shape index (κ2) is 10.9. The van der Waals surface area contributed by atoms with Gasteiger partial charge in [-0.15, -0.1) is 0 Å². The van der Waals surface area contributed by atoms with Gasteiger partial charge >= 0.3 is 6.09 Å². The standard InChI is InChI=1S/C24H32ClN3O3/c1-3-17-7-4-8-18(13-17)22-20(15-27-16-21(22)25)24(30,19-9-5-11-26-14-19)10-6-12-28-23(29)31-2/h4,7-8,13,15-16,19,26,30H,3,5-6,9-12,14H2,1-2H3,(H,28,29). The Bertz CT molecular complexity index is 886. The summed E-state index contributed by atoms with van der Waals surface area (Å²) >= 11 is 6.66. The number of rotatable bonds is 8. The van der Waals surface area contributed by atoms with E-state index in [0.717, 1.165) is 49.0 Å². The van der Waals surface area contributed by atoms with Crippen LogP contribution in [0.4, 0.5) is 4.79 Å². The summed E-state index contributed by atoms with van der Waals surface area (Å²) in [6.07, 6.45) is 6.83. The van der Waals surface area contributed by atoms with E-state index in [0.29, 0.717) is 24.4 Å². The van der Waals surface area contributed by atoms with Crippen LogP contribution in [0.15, 0.2) is 36.7 Å². The lowest BCUT2D eigenvalue weighted by atomic mass is 9.73. The highest BCUT2D eigenvalue weighted by Gasteiger charge is 2.41. The second-order valence-electron chi connectivity index (χ2n) is 8.09. The summed E-state index contributed by atoms with van der Waals surface area (Å²) < 4.78 is 4.65. The fourth-order valence-corrected chi connectivity index (χ4v) is 4.71. The van der Waals surface area contributed by atoms with Crippen molar-refractivity contribution in [3.8, 4) is 11.1 Å². The van der Waals surface area contributed by atoms with Gasteiger partial charge in [0.25, 0.3) is 0 Å². The van der Waals surface area contributed by atoms with Crippen LogP contribution in [0.1, 0.15) is 43.7 Å². The minimum Gasteiger partial charge on any atom is -0.453 e. The number of aryl methyl sites for hydroxylation is 1. The number of amides is 1. The maximum absolute atomic E-state index is 12.1. The van der Waals surface area contributed by atoms with Crippen molar-refractivity contribution in [1.29, 1.82) is 0 Å². The molecule has 3 rings (SSSR count). The molecule has 6 nitrogen and oxygen atoms in total. The first-order valence-corrected chi connectivity index (χ1v) is 11.4. The van der Waals surface area contributed by atoms with Crippen molar-refractivity contribution in [3.05, 3.63) is 52.8 Å². The minimum atomic E-state index is -1.12. The maximum Gasteiger partial charge on any atom is 0.406 e. The molecule has 1 fully saturated rings. The Kier molecular flexibility index (Phi) is 8.29. The zero-order valence-corrected chi connectivity index (χ0v) is 19.0. The summed E-state index contributed by atoms with van der Waals surface area (Å²) in [5.41, 5.74) is 2.65. The molecule has 0 bridgehead atoms. The molecule has 1 saturated heterocycles. The number of carbonyl (C=O) groups excluding carboxylic acids is 1. The number of pyridine rings is 1. The minimum absolute atomic E-state index is 0.0211. The first kappa shape index (κ1) is 23.5. The van der Waals surface area contributed by atoms with Crippen LogP contribution in [-0.2, 0) is 16.8 Å². The second-order valence-corrected chi connectivity index (χ2v) is 8.49. The Morgan fingerprint density at radius 3 is 2.97 bits per heavy atom. The summed E-state index contributed by atoms with van der Waals surface area (Å²) in [5.74, 6) is 0.0211. The van der Waals surface area contributed by atoms with E-state index in [9.17, 15) is 9.90 Å². The number of methoxy groups -OCH3 is 1. The molecule has 1 amide bonds. The number of aliphatic hydroxyl groups is 1. The molecule has 2 aromatic rings. The molecule has 1 aromatic carbocycles. The molecule has 0 spiro atoms.